The molecule has 3 aromatic carbocycles. The number of ether oxygens (including phenoxy) is 1. The number of aromatic nitrogens is 1. The molecular weight excluding hydrogens is 510 g/mol. The summed E-state index contributed by atoms with van der Waals surface area (Å²) >= 11 is 0. The Morgan fingerprint density at radius 3 is 1.80 bits per heavy atom. The highest BCUT2D eigenvalue weighted by molar-refractivity contribution is 6.78. The molecule has 1 heterocycles. The summed E-state index contributed by atoms with van der Waals surface area (Å²) in [5, 5.41) is 10.8. The van der Waals surface area contributed by atoms with Crippen molar-refractivity contribution in [2.45, 2.75) is 84.0 Å². The number of hydrogen-bond donors (Lipinski definition) is 1. The normalized spacial score (nSPS) is 12.2. The summed E-state index contributed by atoms with van der Waals surface area (Å²) in [5.41, 5.74) is 6.43. The van der Waals surface area contributed by atoms with Crippen LogP contribution in [0.5, 0.6) is 11.5 Å². The molecule has 0 amide bonds. The van der Waals surface area contributed by atoms with Crippen molar-refractivity contribution in [3.63, 3.8) is 0 Å². The zero-order chi connectivity index (χ0) is 28.9. The number of hydrogen-bond acceptors (Lipinski definition) is 4. The van der Waals surface area contributed by atoms with E-state index in [-0.39, 0.29) is 12.7 Å². The first-order valence-corrected chi connectivity index (χ1v) is 16.8. The van der Waals surface area contributed by atoms with Gasteiger partial charge in [-0.3, -0.25) is 4.98 Å². The van der Waals surface area contributed by atoms with Crippen molar-refractivity contribution in [3.05, 3.63) is 101 Å². The fourth-order valence-electron chi connectivity index (χ4n) is 6.47. The molecule has 4 aromatic rings. The van der Waals surface area contributed by atoms with Crippen LogP contribution in [0.4, 0.5) is 0 Å². The summed E-state index contributed by atoms with van der Waals surface area (Å²) in [6.45, 7) is 16.1. The van der Waals surface area contributed by atoms with Gasteiger partial charge in [0.15, 0.2) is 0 Å². The van der Waals surface area contributed by atoms with Crippen LogP contribution >= 0.6 is 0 Å². The van der Waals surface area contributed by atoms with Gasteiger partial charge >= 0.3 is 0 Å². The Labute approximate surface area is 241 Å². The van der Waals surface area contributed by atoms with Crippen LogP contribution < -0.4 is 9.16 Å². The third kappa shape index (κ3) is 5.82. The molecule has 0 saturated heterocycles. The van der Waals surface area contributed by atoms with Crippen LogP contribution in [0.2, 0.25) is 16.6 Å². The number of nitrogens with zero attached hydrogens (tertiary/aromatic N) is 1. The number of aliphatic hydroxyl groups is 1. The van der Waals surface area contributed by atoms with Gasteiger partial charge in [0.2, 0.25) is 0 Å². The lowest BCUT2D eigenvalue weighted by atomic mass is 9.97. The van der Waals surface area contributed by atoms with E-state index >= 15 is 0 Å². The van der Waals surface area contributed by atoms with Crippen LogP contribution in [0.3, 0.4) is 0 Å². The minimum Gasteiger partial charge on any atom is -0.542 e. The zero-order valence-corrected chi connectivity index (χ0v) is 26.1. The number of pyridine rings is 1. The Morgan fingerprint density at radius 1 is 0.750 bits per heavy atom. The predicted molar refractivity (Wildman–Crippen MR) is 169 cm³/mol. The molecule has 1 aromatic heterocycles. The second kappa shape index (κ2) is 13.0. The van der Waals surface area contributed by atoms with E-state index in [4.69, 9.17) is 14.1 Å². The summed E-state index contributed by atoms with van der Waals surface area (Å²) in [6.07, 6.45) is 2.91. The SMILES string of the molecule is Cc1c(CCCO)c(O[Si](C(C)C)(C(C)C)C(C)C)c2cccnc2c1OC(c1ccccc1)c1ccccc1. The van der Waals surface area contributed by atoms with E-state index in [1.54, 1.807) is 0 Å². The first kappa shape index (κ1) is 29.8. The van der Waals surface area contributed by atoms with E-state index < -0.39 is 8.32 Å². The third-order valence-corrected chi connectivity index (χ3v) is 14.3. The second-order valence-electron chi connectivity index (χ2n) is 11.7. The monoisotopic (exact) mass is 555 g/mol. The molecule has 5 heteroatoms. The molecule has 0 aliphatic heterocycles. The van der Waals surface area contributed by atoms with Crippen molar-refractivity contribution < 1.29 is 14.3 Å². The molecule has 0 radical (unpaired) electrons. The van der Waals surface area contributed by atoms with Gasteiger partial charge in [0.05, 0.1) is 0 Å². The van der Waals surface area contributed by atoms with Gasteiger partial charge in [0.25, 0.3) is 8.32 Å². The highest BCUT2D eigenvalue weighted by Crippen LogP contribution is 2.48. The van der Waals surface area contributed by atoms with Crippen molar-refractivity contribution in [2.75, 3.05) is 6.61 Å². The summed E-state index contributed by atoms with van der Waals surface area (Å²) < 4.78 is 14.4. The maximum Gasteiger partial charge on any atom is 0.258 e. The van der Waals surface area contributed by atoms with E-state index in [1.165, 1.54) is 0 Å². The Hall–Kier alpha value is -3.15. The minimum absolute atomic E-state index is 0.123. The number of rotatable bonds is 12. The van der Waals surface area contributed by atoms with E-state index in [2.05, 4.69) is 103 Å². The molecule has 4 rings (SSSR count). The van der Waals surface area contributed by atoms with Gasteiger partial charge in [0, 0.05) is 29.3 Å². The molecule has 0 bridgehead atoms. The average molecular weight is 556 g/mol. The molecule has 0 saturated carbocycles. The number of benzene rings is 3. The number of fused-ring (bicyclic) bond motifs is 1. The van der Waals surface area contributed by atoms with E-state index in [9.17, 15) is 5.11 Å². The van der Waals surface area contributed by atoms with Crippen LogP contribution in [0, 0.1) is 6.92 Å². The van der Waals surface area contributed by atoms with Crippen LogP contribution in [-0.4, -0.2) is 25.0 Å². The molecule has 0 aliphatic rings. The first-order chi connectivity index (χ1) is 19.2. The molecule has 40 heavy (non-hydrogen) atoms. The summed E-state index contributed by atoms with van der Waals surface area (Å²) in [6, 6.07) is 24.8. The Balaban J connectivity index is 1.97. The first-order valence-electron chi connectivity index (χ1n) is 14.7. The van der Waals surface area contributed by atoms with Crippen molar-refractivity contribution in [3.8, 4) is 11.5 Å². The molecule has 0 atom stereocenters. The smallest absolute Gasteiger partial charge is 0.258 e. The van der Waals surface area contributed by atoms with E-state index in [1.807, 2.05) is 24.4 Å². The van der Waals surface area contributed by atoms with Crippen molar-refractivity contribution in [2.24, 2.45) is 0 Å². The maximum absolute atomic E-state index is 9.86. The maximum atomic E-state index is 9.86. The second-order valence-corrected chi connectivity index (χ2v) is 17.1. The minimum atomic E-state index is -2.26. The van der Waals surface area contributed by atoms with Gasteiger partial charge in [-0.1, -0.05) is 102 Å². The van der Waals surface area contributed by atoms with Gasteiger partial charge in [-0.25, -0.2) is 0 Å². The standard InChI is InChI=1S/C35H45NO3Si/c1-24(2)40(25(3)4,26(5)6)39-35-30(21-15-23-37)27(7)33(32-31(35)20-14-22-36-32)38-34(28-16-10-8-11-17-28)29-18-12-9-13-19-29/h8-14,16-20,22,24-26,34,37H,15,21,23H2,1-7H3. The van der Waals surface area contributed by atoms with E-state index in [0.29, 0.717) is 29.5 Å². The Bertz CT molecular complexity index is 1330. The Morgan fingerprint density at radius 2 is 1.30 bits per heavy atom. The van der Waals surface area contributed by atoms with Crippen LogP contribution in [0.15, 0.2) is 79.0 Å². The van der Waals surface area contributed by atoms with Gasteiger partial charge in [-0.15, -0.1) is 0 Å². The Kier molecular flexibility index (Phi) is 9.70. The molecular formula is C35H45NO3Si. The van der Waals surface area contributed by atoms with Crippen molar-refractivity contribution in [1.29, 1.82) is 0 Å². The lowest BCUT2D eigenvalue weighted by Gasteiger charge is -2.43. The largest absolute Gasteiger partial charge is 0.542 e. The van der Waals surface area contributed by atoms with Crippen molar-refractivity contribution in [1.82, 2.24) is 4.98 Å². The quantitative estimate of drug-likeness (QED) is 0.177. The average Bonchev–Trinajstić information content (AvgIpc) is 2.95. The van der Waals surface area contributed by atoms with Gasteiger partial charge < -0.3 is 14.3 Å². The topological polar surface area (TPSA) is 51.6 Å². The van der Waals surface area contributed by atoms with Crippen molar-refractivity contribution >= 4 is 19.2 Å². The van der Waals surface area contributed by atoms with Gasteiger partial charge in [0.1, 0.15) is 23.1 Å². The van der Waals surface area contributed by atoms with Gasteiger partial charge in [-0.2, -0.15) is 0 Å². The molecule has 0 unspecified atom stereocenters. The summed E-state index contributed by atoms with van der Waals surface area (Å²) in [4.78, 5) is 4.89. The molecule has 0 fully saturated rings. The predicted octanol–water partition coefficient (Wildman–Crippen LogP) is 9.19. The molecule has 4 nitrogen and oxygen atoms in total. The van der Waals surface area contributed by atoms with E-state index in [0.717, 1.165) is 44.7 Å². The lowest BCUT2D eigenvalue weighted by Crippen LogP contribution is -2.51. The highest BCUT2D eigenvalue weighted by Gasteiger charge is 2.47. The molecule has 0 aliphatic carbocycles. The van der Waals surface area contributed by atoms with Crippen LogP contribution in [0.25, 0.3) is 10.9 Å². The number of aliphatic hydroxyl groups excluding tert-OH is 1. The summed E-state index contributed by atoms with van der Waals surface area (Å²) in [7, 11) is -2.26. The third-order valence-electron chi connectivity index (χ3n) is 8.35. The molecule has 212 valence electrons. The van der Waals surface area contributed by atoms with Crippen LogP contribution in [0.1, 0.15) is 76.3 Å². The fraction of sp³-hybridized carbons (Fsp3) is 0.400. The van der Waals surface area contributed by atoms with Crippen LogP contribution in [-0.2, 0) is 6.42 Å². The molecule has 1 N–H and O–H groups in total. The zero-order valence-electron chi connectivity index (χ0n) is 25.1. The highest BCUT2D eigenvalue weighted by atomic mass is 28.4. The fourth-order valence-corrected chi connectivity index (χ4v) is 11.8. The lowest BCUT2D eigenvalue weighted by molar-refractivity contribution is 0.247. The van der Waals surface area contributed by atoms with Gasteiger partial charge in [-0.05, 0) is 59.6 Å². The molecule has 0 spiro atoms. The summed E-state index contributed by atoms with van der Waals surface area (Å²) in [5.74, 6) is 1.71.